The van der Waals surface area contributed by atoms with Gasteiger partial charge in [0.05, 0.1) is 17.9 Å². The van der Waals surface area contributed by atoms with Crippen LogP contribution in [0.4, 0.5) is 0 Å². The molecule has 0 saturated carbocycles. The van der Waals surface area contributed by atoms with Crippen LogP contribution in [-0.2, 0) is 46.7 Å². The van der Waals surface area contributed by atoms with E-state index in [-0.39, 0.29) is 17.9 Å². The average Bonchev–Trinajstić information content (AvgIpc) is 2.50. The molecule has 33 heavy (non-hydrogen) atoms. The largest absolute Gasteiger partial charge is 0.505 e. The van der Waals surface area contributed by atoms with E-state index in [0.29, 0.717) is 17.5 Å². The van der Waals surface area contributed by atoms with Gasteiger partial charge in [-0.2, -0.15) is 17.2 Å². The molecule has 25 heteroatoms. The highest BCUT2D eigenvalue weighted by Gasteiger charge is 2.46. The fourth-order valence-electron chi connectivity index (χ4n) is 1.48. The summed E-state index contributed by atoms with van der Waals surface area (Å²) in [5.41, 5.74) is 0.840. The van der Waals surface area contributed by atoms with E-state index in [0.717, 1.165) is 0 Å². The predicted molar refractivity (Wildman–Crippen MR) is 99.9 cm³/mol. The predicted octanol–water partition coefficient (Wildman–Crippen LogP) is -0.0602. The molecule has 0 aromatic carbocycles. The SMILES string of the molecule is Cc1ncc(CO)c(C=O)c1O.O=P(O)(O)OP(=O)(O)OP(=O)(O)OP(=O)(O)OP(=O)(O)O. The Morgan fingerprint density at radius 2 is 1.18 bits per heavy atom. The van der Waals surface area contributed by atoms with Crippen LogP contribution in [0.15, 0.2) is 6.20 Å². The maximum absolute atomic E-state index is 11.0. The number of hydrogen-bond acceptors (Lipinski definition) is 13. The molecule has 0 amide bonds. The maximum Gasteiger partial charge on any atom is 0.490 e. The molecule has 0 fully saturated rings. The molecule has 1 heterocycles. The molecule has 0 radical (unpaired) electrons. The molecular weight excluding hydrogens is 569 g/mol. The van der Waals surface area contributed by atoms with Gasteiger partial charge in [-0.05, 0) is 6.92 Å². The van der Waals surface area contributed by atoms with Gasteiger partial charge in [0, 0.05) is 11.8 Å². The van der Waals surface area contributed by atoms with E-state index < -0.39 is 39.1 Å². The average molecular weight is 585 g/mol. The lowest BCUT2D eigenvalue weighted by Crippen LogP contribution is -1.97. The van der Waals surface area contributed by atoms with Gasteiger partial charge in [0.15, 0.2) is 6.29 Å². The van der Waals surface area contributed by atoms with E-state index in [9.17, 15) is 32.7 Å². The number of nitrogens with zero attached hydrogens (tertiary/aromatic N) is 1. The van der Waals surface area contributed by atoms with E-state index in [4.69, 9.17) is 39.4 Å². The molecule has 0 bridgehead atoms. The number of aliphatic hydroxyl groups excluding tert-OH is 1. The zero-order chi connectivity index (χ0) is 26.5. The van der Waals surface area contributed by atoms with Crippen LogP contribution < -0.4 is 0 Å². The second-order valence-corrected chi connectivity index (χ2v) is 12.5. The highest BCUT2D eigenvalue weighted by atomic mass is 31.3. The fraction of sp³-hybridized carbons (Fsp3) is 0.250. The number of rotatable bonds is 10. The van der Waals surface area contributed by atoms with Gasteiger partial charge in [-0.3, -0.25) is 9.78 Å². The lowest BCUT2D eigenvalue weighted by atomic mass is 10.1. The van der Waals surface area contributed by atoms with Crippen LogP contribution in [0.3, 0.4) is 0 Å². The van der Waals surface area contributed by atoms with Gasteiger partial charge in [-0.15, -0.1) is 0 Å². The summed E-state index contributed by atoms with van der Waals surface area (Å²) in [6.07, 6.45) is 1.88. The minimum Gasteiger partial charge on any atom is -0.505 e. The Kier molecular flexibility index (Phi) is 11.6. The van der Waals surface area contributed by atoms with Gasteiger partial charge in [0.2, 0.25) is 0 Å². The number of pyridine rings is 1. The first-order chi connectivity index (χ1) is 14.5. The molecule has 2 unspecified atom stereocenters. The monoisotopic (exact) mass is 585 g/mol. The van der Waals surface area contributed by atoms with Crippen molar-refractivity contribution in [2.24, 2.45) is 0 Å². The Hall–Kier alpha value is -0.710. The summed E-state index contributed by atoms with van der Waals surface area (Å²) in [6.45, 7) is 1.29. The van der Waals surface area contributed by atoms with Crippen molar-refractivity contribution >= 4 is 45.4 Å². The van der Waals surface area contributed by atoms with Crippen LogP contribution in [0.2, 0.25) is 0 Å². The number of carbonyl (C=O) groups is 1. The molecule has 0 spiro atoms. The summed E-state index contributed by atoms with van der Waals surface area (Å²) < 4.78 is 65.6. The van der Waals surface area contributed by atoms with Gasteiger partial charge in [0.25, 0.3) is 0 Å². The minimum atomic E-state index is -6.07. The van der Waals surface area contributed by atoms with Crippen LogP contribution in [0.5, 0.6) is 5.75 Å². The van der Waals surface area contributed by atoms with Crippen molar-refractivity contribution in [2.75, 3.05) is 0 Å². The second-order valence-electron chi connectivity index (χ2n) is 5.12. The number of phosphoric acid groups is 5. The number of aromatic nitrogens is 1. The Morgan fingerprint density at radius 3 is 1.48 bits per heavy atom. The quantitative estimate of drug-likeness (QED) is 0.128. The number of aromatic hydroxyl groups is 1. The summed E-state index contributed by atoms with van der Waals surface area (Å²) in [7, 11) is -29.3. The van der Waals surface area contributed by atoms with Crippen molar-refractivity contribution in [3.05, 3.63) is 23.0 Å². The third kappa shape index (κ3) is 13.7. The first-order valence-corrected chi connectivity index (χ1v) is 14.8. The normalized spacial score (nSPS) is 17.6. The number of aliphatic hydroxyl groups is 1. The first-order valence-electron chi connectivity index (χ1n) is 7.21. The Labute approximate surface area is 182 Å². The van der Waals surface area contributed by atoms with Crippen molar-refractivity contribution in [2.45, 2.75) is 13.5 Å². The van der Waals surface area contributed by atoms with E-state index in [1.165, 1.54) is 6.20 Å². The van der Waals surface area contributed by atoms with Crippen LogP contribution in [0.1, 0.15) is 21.6 Å². The zero-order valence-corrected chi connectivity index (χ0v) is 20.1. The lowest BCUT2D eigenvalue weighted by molar-refractivity contribution is 0.111. The van der Waals surface area contributed by atoms with Gasteiger partial charge in [-0.25, -0.2) is 22.8 Å². The first kappa shape index (κ1) is 32.3. The maximum atomic E-state index is 11.0. The van der Waals surface area contributed by atoms with Gasteiger partial charge in [-0.1, -0.05) is 0 Å². The van der Waals surface area contributed by atoms with Crippen LogP contribution in [0.25, 0.3) is 0 Å². The van der Waals surface area contributed by atoms with E-state index >= 15 is 0 Å². The number of hydrogen-bond donors (Lipinski definition) is 9. The summed E-state index contributed by atoms with van der Waals surface area (Å²) in [5.74, 6) is -0.156. The Morgan fingerprint density at radius 1 is 0.818 bits per heavy atom. The summed E-state index contributed by atoms with van der Waals surface area (Å²) >= 11 is 0. The second kappa shape index (κ2) is 11.8. The van der Waals surface area contributed by atoms with Gasteiger partial charge in [0.1, 0.15) is 5.75 Å². The third-order valence-electron chi connectivity index (χ3n) is 2.48. The molecular formula is C8H16NO19P5. The van der Waals surface area contributed by atoms with Crippen LogP contribution >= 0.6 is 39.1 Å². The number of aldehydes is 1. The summed E-state index contributed by atoms with van der Waals surface area (Å²) in [6, 6.07) is 0. The molecule has 1 rings (SSSR count). The van der Waals surface area contributed by atoms with E-state index in [1.54, 1.807) is 6.92 Å². The summed E-state index contributed by atoms with van der Waals surface area (Å²) in [4.78, 5) is 73.0. The third-order valence-corrected chi connectivity index (χ3v) is 9.13. The van der Waals surface area contributed by atoms with Crippen molar-refractivity contribution in [3.63, 3.8) is 0 Å². The lowest BCUT2D eigenvalue weighted by Gasteiger charge is -2.18. The number of aryl methyl sites for hydroxylation is 1. The standard InChI is InChI=1S/C8H9NO3.H7O16P5/c1-5-8(12)7(4-11)6(3-10)2-9-5;1-17(2,3)13-19(7,8)15-21(11,12)16-20(9,10)14-18(4,5)6/h2,4,10,12H,3H2,1H3;(H,7,8)(H,9,10)(H,11,12)(H2,1,2,3)(H2,4,5,6). The fourth-order valence-corrected chi connectivity index (χ4v) is 6.88. The van der Waals surface area contributed by atoms with Gasteiger partial charge >= 0.3 is 39.1 Å². The van der Waals surface area contributed by atoms with Crippen molar-refractivity contribution in [1.82, 2.24) is 4.98 Å². The Balaban J connectivity index is 0.000000716. The smallest absolute Gasteiger partial charge is 0.490 e. The molecule has 0 aliphatic rings. The zero-order valence-electron chi connectivity index (χ0n) is 15.7. The molecule has 9 N–H and O–H groups in total. The van der Waals surface area contributed by atoms with E-state index in [1.807, 2.05) is 0 Å². The van der Waals surface area contributed by atoms with Gasteiger partial charge < -0.3 is 44.5 Å². The summed E-state index contributed by atoms with van der Waals surface area (Å²) in [5, 5.41) is 18.1. The van der Waals surface area contributed by atoms with Crippen LogP contribution in [0, 0.1) is 6.92 Å². The molecule has 1 aromatic rings. The van der Waals surface area contributed by atoms with Crippen molar-refractivity contribution in [3.8, 4) is 5.75 Å². The number of carbonyl (C=O) groups excluding carboxylic acids is 1. The highest BCUT2D eigenvalue weighted by molar-refractivity contribution is 7.71. The highest BCUT2D eigenvalue weighted by Crippen LogP contribution is 2.72. The topological polar surface area (TPSA) is 334 Å². The Bertz CT molecular complexity index is 1040. The molecule has 0 aliphatic heterocycles. The van der Waals surface area contributed by atoms with E-state index in [2.05, 4.69) is 22.2 Å². The molecule has 2 atom stereocenters. The minimum absolute atomic E-state index is 0.116. The van der Waals surface area contributed by atoms with Crippen molar-refractivity contribution in [1.29, 1.82) is 0 Å². The molecule has 192 valence electrons. The molecule has 1 aromatic heterocycles. The van der Waals surface area contributed by atoms with Crippen LogP contribution in [-0.4, -0.2) is 55.7 Å². The van der Waals surface area contributed by atoms with Crippen molar-refractivity contribution < 1.29 is 89.3 Å². The molecule has 20 nitrogen and oxygen atoms in total. The molecule has 0 saturated heterocycles. The molecule has 0 aliphatic carbocycles.